The molecule has 0 radical (unpaired) electrons. The van der Waals surface area contributed by atoms with E-state index >= 15 is 0 Å². The van der Waals surface area contributed by atoms with E-state index < -0.39 is 0 Å². The van der Waals surface area contributed by atoms with Crippen molar-refractivity contribution < 1.29 is 4.79 Å². The number of rotatable bonds is 2. The Kier molecular flexibility index (Phi) is 4.91. The summed E-state index contributed by atoms with van der Waals surface area (Å²) >= 11 is 15.1. The Hall–Kier alpha value is -1.23. The first-order valence-corrected chi connectivity index (χ1v) is 7.29. The van der Waals surface area contributed by atoms with E-state index in [1.165, 1.54) is 0 Å². The number of anilines is 2. The highest BCUT2D eigenvalue weighted by Gasteiger charge is 2.05. The van der Waals surface area contributed by atoms with E-state index in [1.807, 2.05) is 25.1 Å². The molecule has 2 aromatic rings. The Bertz CT molecular complexity index is 641. The largest absolute Gasteiger partial charge is 0.323 e. The van der Waals surface area contributed by atoms with E-state index in [2.05, 4.69) is 26.6 Å². The Morgan fingerprint density at radius 2 is 1.70 bits per heavy atom. The minimum absolute atomic E-state index is 0.346. The molecule has 6 heteroatoms. The lowest BCUT2D eigenvalue weighted by Gasteiger charge is -2.09. The fraction of sp³-hybridized carbons (Fsp3) is 0.0714. The van der Waals surface area contributed by atoms with Crippen molar-refractivity contribution in [1.82, 2.24) is 0 Å². The van der Waals surface area contributed by atoms with Crippen LogP contribution in [0.4, 0.5) is 16.2 Å². The molecule has 3 nitrogen and oxygen atoms in total. The molecule has 0 bridgehead atoms. The number of hydrogen-bond acceptors (Lipinski definition) is 1. The highest BCUT2D eigenvalue weighted by atomic mass is 79.9. The molecule has 0 aromatic heterocycles. The predicted molar refractivity (Wildman–Crippen MR) is 88.0 cm³/mol. The summed E-state index contributed by atoms with van der Waals surface area (Å²) in [6, 6.07) is 10.2. The maximum Gasteiger partial charge on any atom is 0.323 e. The Balaban J connectivity index is 2.06. The van der Waals surface area contributed by atoms with Crippen LogP contribution in [-0.2, 0) is 0 Å². The van der Waals surface area contributed by atoms with Crippen LogP contribution < -0.4 is 10.6 Å². The van der Waals surface area contributed by atoms with Gasteiger partial charge in [-0.15, -0.1) is 0 Å². The lowest BCUT2D eigenvalue weighted by atomic mass is 10.2. The zero-order chi connectivity index (χ0) is 14.7. The Morgan fingerprint density at radius 1 is 1.00 bits per heavy atom. The average Bonchev–Trinajstić information content (AvgIpc) is 2.32. The molecule has 0 aliphatic heterocycles. The topological polar surface area (TPSA) is 41.1 Å². The van der Waals surface area contributed by atoms with Gasteiger partial charge in [0.05, 0.1) is 10.0 Å². The van der Waals surface area contributed by atoms with Gasteiger partial charge in [-0.2, -0.15) is 0 Å². The van der Waals surface area contributed by atoms with E-state index in [1.54, 1.807) is 18.2 Å². The smallest absolute Gasteiger partial charge is 0.308 e. The third-order valence-corrected chi connectivity index (χ3v) is 3.67. The van der Waals surface area contributed by atoms with Gasteiger partial charge in [-0.05, 0) is 48.9 Å². The highest BCUT2D eigenvalue weighted by molar-refractivity contribution is 9.10. The van der Waals surface area contributed by atoms with Gasteiger partial charge in [0.1, 0.15) is 0 Å². The molecule has 2 N–H and O–H groups in total. The quantitative estimate of drug-likeness (QED) is 0.695. The minimum atomic E-state index is -0.346. The van der Waals surface area contributed by atoms with Crippen molar-refractivity contribution in [2.24, 2.45) is 0 Å². The van der Waals surface area contributed by atoms with Gasteiger partial charge in [0.25, 0.3) is 0 Å². The van der Waals surface area contributed by atoms with Crippen molar-refractivity contribution in [3.63, 3.8) is 0 Å². The van der Waals surface area contributed by atoms with Crippen LogP contribution in [0.2, 0.25) is 10.0 Å². The second-order valence-electron chi connectivity index (χ2n) is 4.23. The number of hydrogen-bond donors (Lipinski definition) is 2. The first kappa shape index (κ1) is 15.2. The number of urea groups is 1. The Morgan fingerprint density at radius 3 is 2.35 bits per heavy atom. The summed E-state index contributed by atoms with van der Waals surface area (Å²) in [6.45, 7) is 1.95. The molecule has 0 aliphatic carbocycles. The lowest BCUT2D eigenvalue weighted by molar-refractivity contribution is 0.262. The maximum atomic E-state index is 11.9. The number of benzene rings is 2. The first-order chi connectivity index (χ1) is 9.44. The van der Waals surface area contributed by atoms with Crippen LogP contribution in [-0.4, -0.2) is 6.03 Å². The van der Waals surface area contributed by atoms with Gasteiger partial charge in [-0.1, -0.05) is 39.1 Å². The van der Waals surface area contributed by atoms with E-state index in [4.69, 9.17) is 23.2 Å². The van der Waals surface area contributed by atoms with Crippen LogP contribution in [0, 0.1) is 6.92 Å². The summed E-state index contributed by atoms with van der Waals surface area (Å²) in [6.07, 6.45) is 0. The van der Waals surface area contributed by atoms with Crippen molar-refractivity contribution in [3.05, 3.63) is 56.5 Å². The summed E-state index contributed by atoms with van der Waals surface area (Å²) in [5.41, 5.74) is 2.32. The van der Waals surface area contributed by atoms with E-state index in [0.717, 1.165) is 10.0 Å². The predicted octanol–water partition coefficient (Wildman–Crippen LogP) is 5.71. The summed E-state index contributed by atoms with van der Waals surface area (Å²) in [5, 5.41) is 6.28. The van der Waals surface area contributed by atoms with Crippen LogP contribution >= 0.6 is 39.1 Å². The Labute approximate surface area is 135 Å². The van der Waals surface area contributed by atoms with Gasteiger partial charge < -0.3 is 10.6 Å². The molecule has 0 aliphatic rings. The van der Waals surface area contributed by atoms with Crippen LogP contribution in [0.5, 0.6) is 0 Å². The second-order valence-corrected chi connectivity index (χ2v) is 5.96. The van der Waals surface area contributed by atoms with Crippen LogP contribution in [0.25, 0.3) is 0 Å². The molecule has 0 fully saturated rings. The molecule has 104 valence electrons. The van der Waals surface area contributed by atoms with Crippen LogP contribution in [0.1, 0.15) is 5.56 Å². The van der Waals surface area contributed by atoms with Gasteiger partial charge in [-0.3, -0.25) is 0 Å². The molecule has 0 saturated heterocycles. The molecule has 2 aromatic carbocycles. The van der Waals surface area contributed by atoms with Crippen LogP contribution in [0.3, 0.4) is 0 Å². The lowest BCUT2D eigenvalue weighted by Crippen LogP contribution is -2.19. The van der Waals surface area contributed by atoms with E-state index in [-0.39, 0.29) is 6.03 Å². The molecule has 0 unspecified atom stereocenters. The number of nitrogens with one attached hydrogen (secondary N) is 2. The van der Waals surface area contributed by atoms with Crippen molar-refractivity contribution in [1.29, 1.82) is 0 Å². The molecule has 2 amide bonds. The van der Waals surface area contributed by atoms with Crippen molar-refractivity contribution >= 4 is 56.5 Å². The second kappa shape index (κ2) is 6.48. The summed E-state index contributed by atoms with van der Waals surface area (Å²) in [7, 11) is 0. The third-order valence-electron chi connectivity index (χ3n) is 2.48. The van der Waals surface area contributed by atoms with E-state index in [9.17, 15) is 4.79 Å². The molecule has 0 spiro atoms. The van der Waals surface area contributed by atoms with Gasteiger partial charge in [0.2, 0.25) is 0 Å². The van der Waals surface area contributed by atoms with Gasteiger partial charge in [-0.25, -0.2) is 4.79 Å². The standard InChI is InChI=1S/C14H11BrCl2N2O/c1-8-4-9(15)6-11(5-8)19-14(20)18-10-2-3-12(16)13(17)7-10/h2-7H,1H3,(H2,18,19,20). The van der Waals surface area contributed by atoms with Crippen molar-refractivity contribution in [3.8, 4) is 0 Å². The summed E-state index contributed by atoms with van der Waals surface area (Å²) in [4.78, 5) is 11.9. The van der Waals surface area contributed by atoms with Crippen molar-refractivity contribution in [2.45, 2.75) is 6.92 Å². The molecular weight excluding hydrogens is 363 g/mol. The number of carbonyl (C=O) groups excluding carboxylic acids is 1. The highest BCUT2D eigenvalue weighted by Crippen LogP contribution is 2.25. The van der Waals surface area contributed by atoms with Gasteiger partial charge in [0, 0.05) is 15.8 Å². The number of amides is 2. The average molecular weight is 374 g/mol. The molecular formula is C14H11BrCl2N2O. The molecule has 0 saturated carbocycles. The minimum Gasteiger partial charge on any atom is -0.308 e. The van der Waals surface area contributed by atoms with E-state index in [0.29, 0.717) is 21.4 Å². The van der Waals surface area contributed by atoms with Gasteiger partial charge in [0.15, 0.2) is 0 Å². The number of aryl methyl sites for hydroxylation is 1. The first-order valence-electron chi connectivity index (χ1n) is 5.74. The molecule has 2 rings (SSSR count). The number of halogens is 3. The normalized spacial score (nSPS) is 10.2. The monoisotopic (exact) mass is 372 g/mol. The molecule has 20 heavy (non-hydrogen) atoms. The van der Waals surface area contributed by atoms with Crippen molar-refractivity contribution in [2.75, 3.05) is 10.6 Å². The third kappa shape index (κ3) is 4.13. The SMILES string of the molecule is Cc1cc(Br)cc(NC(=O)Nc2ccc(Cl)c(Cl)c2)c1. The summed E-state index contributed by atoms with van der Waals surface area (Å²) in [5.74, 6) is 0. The molecule has 0 heterocycles. The molecule has 0 atom stereocenters. The fourth-order valence-electron chi connectivity index (χ4n) is 1.68. The number of carbonyl (C=O) groups is 1. The fourth-order valence-corrected chi connectivity index (χ4v) is 2.58. The van der Waals surface area contributed by atoms with Crippen LogP contribution in [0.15, 0.2) is 40.9 Å². The zero-order valence-electron chi connectivity index (χ0n) is 10.5. The zero-order valence-corrected chi connectivity index (χ0v) is 13.6. The van der Waals surface area contributed by atoms with Gasteiger partial charge >= 0.3 is 6.03 Å². The maximum absolute atomic E-state index is 11.9. The summed E-state index contributed by atoms with van der Waals surface area (Å²) < 4.78 is 0.905.